The van der Waals surface area contributed by atoms with Crippen LogP contribution in [0.1, 0.15) is 51.5 Å². The molecule has 140 valence electrons. The van der Waals surface area contributed by atoms with Gasteiger partial charge in [0.05, 0.1) is 18.0 Å². The van der Waals surface area contributed by atoms with Crippen molar-refractivity contribution in [3.63, 3.8) is 0 Å². The number of ether oxygens (including phenoxy) is 1. The van der Waals surface area contributed by atoms with E-state index in [0.717, 1.165) is 0 Å². The first-order chi connectivity index (χ1) is 12.1. The molecule has 1 N–H and O–H groups in total. The summed E-state index contributed by atoms with van der Waals surface area (Å²) in [5, 5.41) is 21.6. The van der Waals surface area contributed by atoms with Crippen LogP contribution in [0.25, 0.3) is 0 Å². The predicted molar refractivity (Wildman–Crippen MR) is 94.8 cm³/mol. The number of nitro groups is 1. The lowest BCUT2D eigenvalue weighted by Crippen LogP contribution is -2.29. The van der Waals surface area contributed by atoms with Crippen molar-refractivity contribution in [2.75, 3.05) is 6.61 Å². The zero-order valence-corrected chi connectivity index (χ0v) is 15.2. The van der Waals surface area contributed by atoms with E-state index in [1.807, 2.05) is 13.8 Å². The minimum absolute atomic E-state index is 0.0629. The van der Waals surface area contributed by atoms with Gasteiger partial charge in [0.2, 0.25) is 0 Å². The topological polar surface area (TPSA) is 107 Å². The first-order valence-electron chi connectivity index (χ1n) is 8.50. The zero-order chi connectivity index (χ0) is 19.5. The van der Waals surface area contributed by atoms with Crippen LogP contribution in [-0.2, 0) is 14.3 Å². The molecule has 0 aromatic heterocycles. The van der Waals surface area contributed by atoms with Crippen molar-refractivity contribution in [1.82, 2.24) is 0 Å². The molecule has 0 amide bonds. The van der Waals surface area contributed by atoms with Crippen LogP contribution in [0.15, 0.2) is 35.6 Å². The molecule has 0 fully saturated rings. The maximum Gasteiger partial charge on any atom is 0.306 e. The monoisotopic (exact) mass is 361 g/mol. The molecule has 1 aromatic carbocycles. The number of allylic oxidation sites excluding steroid dienone is 2. The number of aliphatic hydroxyl groups is 1. The first-order valence-corrected chi connectivity index (χ1v) is 8.50. The first kappa shape index (κ1) is 19.6. The van der Waals surface area contributed by atoms with Crippen LogP contribution in [0, 0.1) is 15.5 Å². The highest BCUT2D eigenvalue weighted by molar-refractivity contribution is 5.99. The molecule has 0 heterocycles. The summed E-state index contributed by atoms with van der Waals surface area (Å²) in [5.74, 6) is -1.62. The summed E-state index contributed by atoms with van der Waals surface area (Å²) in [6, 6.07) is 5.78. The van der Waals surface area contributed by atoms with Crippen molar-refractivity contribution < 1.29 is 24.4 Å². The maximum atomic E-state index is 12.7. The second kappa shape index (κ2) is 7.68. The number of hydrogen-bond acceptors (Lipinski definition) is 6. The van der Waals surface area contributed by atoms with Crippen LogP contribution >= 0.6 is 0 Å². The van der Waals surface area contributed by atoms with Gasteiger partial charge in [0, 0.05) is 36.5 Å². The van der Waals surface area contributed by atoms with E-state index < -0.39 is 16.8 Å². The van der Waals surface area contributed by atoms with Gasteiger partial charge in [0.1, 0.15) is 5.76 Å². The molecule has 7 nitrogen and oxygen atoms in total. The number of esters is 1. The number of hydrogen-bond donors (Lipinski definition) is 1. The normalized spacial score (nSPS) is 17.7. The number of nitrogens with zero attached hydrogens (tertiary/aromatic N) is 1. The van der Waals surface area contributed by atoms with Crippen LogP contribution in [0.5, 0.6) is 0 Å². The van der Waals surface area contributed by atoms with Crippen LogP contribution in [0.2, 0.25) is 0 Å². The molecule has 1 atom stereocenters. The third kappa shape index (κ3) is 4.47. The lowest BCUT2D eigenvalue weighted by molar-refractivity contribution is -0.384. The molecule has 2 rings (SSSR count). The van der Waals surface area contributed by atoms with Gasteiger partial charge in [-0.1, -0.05) is 26.0 Å². The molecule has 1 aliphatic rings. The van der Waals surface area contributed by atoms with Gasteiger partial charge < -0.3 is 9.84 Å². The van der Waals surface area contributed by atoms with Gasteiger partial charge in [-0.2, -0.15) is 0 Å². The average molecular weight is 361 g/mol. The third-order valence-electron chi connectivity index (χ3n) is 4.40. The Morgan fingerprint density at radius 3 is 2.65 bits per heavy atom. The summed E-state index contributed by atoms with van der Waals surface area (Å²) < 4.78 is 4.99. The van der Waals surface area contributed by atoms with Crippen molar-refractivity contribution in [3.05, 3.63) is 51.3 Å². The number of ketones is 1. The highest BCUT2D eigenvalue weighted by atomic mass is 16.6. The fourth-order valence-corrected chi connectivity index (χ4v) is 3.33. The van der Waals surface area contributed by atoms with Gasteiger partial charge in [0.25, 0.3) is 5.69 Å². The molecule has 0 bridgehead atoms. The molecule has 0 spiro atoms. The molecule has 0 aliphatic heterocycles. The van der Waals surface area contributed by atoms with E-state index in [0.29, 0.717) is 12.0 Å². The standard InChI is InChI=1S/C19H23NO6/c1-4-26-17(23)9-14(12-6-5-7-13(8-12)20(24)25)18-15(21)10-19(2,3)11-16(18)22/h5-8,14,21H,4,9-11H2,1-3H3. The lowest BCUT2D eigenvalue weighted by atomic mass is 9.72. The fourth-order valence-electron chi connectivity index (χ4n) is 3.33. The minimum atomic E-state index is -0.780. The minimum Gasteiger partial charge on any atom is -0.512 e. The maximum absolute atomic E-state index is 12.7. The van der Waals surface area contributed by atoms with Crippen LogP contribution in [-0.4, -0.2) is 28.4 Å². The Morgan fingerprint density at radius 2 is 2.08 bits per heavy atom. The van der Waals surface area contributed by atoms with Crippen molar-refractivity contribution in [2.45, 2.75) is 46.0 Å². The summed E-state index contributed by atoms with van der Waals surface area (Å²) in [5.41, 5.74) is 0.0710. The molecule has 0 saturated carbocycles. The Hall–Kier alpha value is -2.70. The summed E-state index contributed by atoms with van der Waals surface area (Å²) in [6.45, 7) is 5.62. The Labute approximate surface area is 151 Å². The van der Waals surface area contributed by atoms with Gasteiger partial charge in [-0.05, 0) is 17.9 Å². The van der Waals surface area contributed by atoms with Gasteiger partial charge in [0.15, 0.2) is 5.78 Å². The van der Waals surface area contributed by atoms with Crippen LogP contribution in [0.3, 0.4) is 0 Å². The number of carbonyl (C=O) groups is 2. The van der Waals surface area contributed by atoms with E-state index >= 15 is 0 Å². The number of benzene rings is 1. The summed E-state index contributed by atoms with van der Waals surface area (Å²) >= 11 is 0. The fraction of sp³-hybridized carbons (Fsp3) is 0.474. The lowest BCUT2D eigenvalue weighted by Gasteiger charge is -2.32. The van der Waals surface area contributed by atoms with Gasteiger partial charge in [-0.25, -0.2) is 0 Å². The Morgan fingerprint density at radius 1 is 1.38 bits per heavy atom. The Kier molecular flexibility index (Phi) is 5.79. The molecule has 1 aromatic rings. The van der Waals surface area contributed by atoms with E-state index in [2.05, 4.69) is 0 Å². The quantitative estimate of drug-likeness (QED) is 0.469. The van der Waals surface area contributed by atoms with Crippen molar-refractivity contribution >= 4 is 17.4 Å². The second-order valence-corrected chi connectivity index (χ2v) is 7.22. The van der Waals surface area contributed by atoms with Crippen molar-refractivity contribution in [3.8, 4) is 0 Å². The van der Waals surface area contributed by atoms with E-state index in [9.17, 15) is 24.8 Å². The SMILES string of the molecule is CCOC(=O)CC(C1=C(O)CC(C)(C)CC1=O)c1cccc([N+](=O)[O-])c1. The largest absolute Gasteiger partial charge is 0.512 e. The number of rotatable bonds is 6. The zero-order valence-electron chi connectivity index (χ0n) is 15.2. The highest BCUT2D eigenvalue weighted by Crippen LogP contribution is 2.42. The smallest absolute Gasteiger partial charge is 0.306 e. The molecule has 0 saturated heterocycles. The van der Waals surface area contributed by atoms with Crippen molar-refractivity contribution in [1.29, 1.82) is 0 Å². The van der Waals surface area contributed by atoms with E-state index in [4.69, 9.17) is 4.74 Å². The van der Waals surface area contributed by atoms with E-state index in [1.54, 1.807) is 13.0 Å². The van der Waals surface area contributed by atoms with Crippen LogP contribution < -0.4 is 0 Å². The second-order valence-electron chi connectivity index (χ2n) is 7.22. The number of nitro benzene ring substituents is 1. The molecular weight excluding hydrogens is 338 g/mol. The highest BCUT2D eigenvalue weighted by Gasteiger charge is 2.38. The molecule has 7 heteroatoms. The number of carbonyl (C=O) groups excluding carboxylic acids is 2. The van der Waals surface area contributed by atoms with Gasteiger partial charge in [-0.3, -0.25) is 19.7 Å². The predicted octanol–water partition coefficient (Wildman–Crippen LogP) is 3.83. The molecule has 1 aliphatic carbocycles. The summed E-state index contributed by atoms with van der Waals surface area (Å²) in [7, 11) is 0. The molecule has 26 heavy (non-hydrogen) atoms. The summed E-state index contributed by atoms with van der Waals surface area (Å²) in [6.07, 6.45) is 0.379. The number of Topliss-reactive ketones (excluding diaryl/α,β-unsaturated/α-hetero) is 1. The molecular formula is C19H23NO6. The van der Waals surface area contributed by atoms with Crippen molar-refractivity contribution in [2.24, 2.45) is 5.41 Å². The van der Waals surface area contributed by atoms with Crippen LogP contribution in [0.4, 0.5) is 5.69 Å². The van der Waals surface area contributed by atoms with Gasteiger partial charge >= 0.3 is 5.97 Å². The summed E-state index contributed by atoms with van der Waals surface area (Å²) in [4.78, 5) is 35.3. The molecule has 0 radical (unpaired) electrons. The molecule has 1 unspecified atom stereocenters. The van der Waals surface area contributed by atoms with E-state index in [1.165, 1.54) is 18.2 Å². The number of non-ortho nitro benzene ring substituents is 1. The average Bonchev–Trinajstić information content (AvgIpc) is 2.52. The van der Waals surface area contributed by atoms with E-state index in [-0.39, 0.29) is 47.7 Å². The number of aliphatic hydroxyl groups excluding tert-OH is 1. The van der Waals surface area contributed by atoms with Gasteiger partial charge in [-0.15, -0.1) is 0 Å². The Bertz CT molecular complexity index is 765. The Balaban J connectivity index is 2.51. The third-order valence-corrected chi connectivity index (χ3v) is 4.40.